The molecule has 0 atom stereocenters. The maximum absolute atomic E-state index is 15.0. The second-order valence-corrected chi connectivity index (χ2v) is 10.4. The highest BCUT2D eigenvalue weighted by molar-refractivity contribution is 6.07. The molecule has 0 aliphatic rings. The minimum atomic E-state index is -1.50. The number of amides is 2. The number of rotatable bonds is 12. The Labute approximate surface area is 279 Å². The van der Waals surface area contributed by atoms with E-state index in [1.165, 1.54) is 30.6 Å². The minimum absolute atomic E-state index is 0.0671. The smallest absolute Gasteiger partial charge is 0.337 e. The lowest BCUT2D eigenvalue weighted by Crippen LogP contribution is -2.18. The van der Waals surface area contributed by atoms with E-state index in [0.717, 1.165) is 24.3 Å². The van der Waals surface area contributed by atoms with Crippen LogP contribution in [0, 0.1) is 11.6 Å². The fourth-order valence-electron chi connectivity index (χ4n) is 4.62. The van der Waals surface area contributed by atoms with Gasteiger partial charge in [0.05, 0.1) is 47.3 Å². The zero-order valence-electron chi connectivity index (χ0n) is 25.3. The number of hydrogen-bond acceptors (Lipinski definition) is 11. The van der Waals surface area contributed by atoms with Crippen LogP contribution in [-0.2, 0) is 6.42 Å². The predicted molar refractivity (Wildman–Crippen MR) is 169 cm³/mol. The normalized spacial score (nSPS) is 10.8. The van der Waals surface area contributed by atoms with Crippen molar-refractivity contribution in [1.82, 2.24) is 40.8 Å². The summed E-state index contributed by atoms with van der Waals surface area (Å²) in [6, 6.07) is 9.62. The minimum Gasteiger partial charge on any atom is -0.490 e. The molecule has 0 spiro atoms. The van der Waals surface area contributed by atoms with Gasteiger partial charge in [-0.05, 0) is 48.0 Å². The van der Waals surface area contributed by atoms with Gasteiger partial charge in [-0.1, -0.05) is 0 Å². The van der Waals surface area contributed by atoms with Gasteiger partial charge in [0.25, 0.3) is 11.8 Å². The summed E-state index contributed by atoms with van der Waals surface area (Å²) in [5, 5.41) is 43.1. The molecule has 0 saturated heterocycles. The zero-order chi connectivity index (χ0) is 35.2. The van der Waals surface area contributed by atoms with Crippen LogP contribution in [0.2, 0.25) is 0 Å². The Balaban J connectivity index is 1.14. The molecular weight excluding hydrogens is 658 g/mol. The highest BCUT2D eigenvalue weighted by atomic mass is 19.1. The number of hydrogen-bond donors (Lipinski definition) is 5. The van der Waals surface area contributed by atoms with Crippen LogP contribution in [0.25, 0.3) is 22.5 Å². The number of aromatic amines is 2. The van der Waals surface area contributed by atoms with Crippen molar-refractivity contribution in [3.63, 3.8) is 0 Å². The number of aldehydes is 1. The van der Waals surface area contributed by atoms with E-state index in [-0.39, 0.29) is 52.7 Å². The van der Waals surface area contributed by atoms with Crippen LogP contribution in [0.1, 0.15) is 47.3 Å². The van der Waals surface area contributed by atoms with Crippen LogP contribution in [0.4, 0.5) is 20.2 Å². The van der Waals surface area contributed by atoms with Crippen molar-refractivity contribution < 1.29 is 37.8 Å². The number of halogens is 2. The molecule has 4 heterocycles. The van der Waals surface area contributed by atoms with Crippen molar-refractivity contribution in [2.45, 2.75) is 6.42 Å². The van der Waals surface area contributed by atoms with Gasteiger partial charge in [-0.15, -0.1) is 20.4 Å². The number of aromatic nitrogens is 8. The van der Waals surface area contributed by atoms with Crippen molar-refractivity contribution in [2.75, 3.05) is 17.2 Å². The fourth-order valence-corrected chi connectivity index (χ4v) is 4.62. The maximum atomic E-state index is 15.0. The van der Waals surface area contributed by atoms with E-state index in [1.807, 2.05) is 0 Å². The lowest BCUT2D eigenvalue weighted by atomic mass is 10.1. The zero-order valence-corrected chi connectivity index (χ0v) is 25.3. The summed E-state index contributed by atoms with van der Waals surface area (Å²) in [5.74, 6) is -5.29. The molecule has 0 bridgehead atoms. The number of carboxylic acids is 1. The number of benzene rings is 2. The Bertz CT molecular complexity index is 2190. The number of ether oxygens (including phenoxy) is 1. The molecule has 2 amide bonds. The molecule has 6 aromatic rings. The summed E-state index contributed by atoms with van der Waals surface area (Å²) in [7, 11) is 0. The summed E-state index contributed by atoms with van der Waals surface area (Å²) in [6.07, 6.45) is 6.35. The summed E-state index contributed by atoms with van der Waals surface area (Å²) in [5.41, 5.74) is 0.822. The first kappa shape index (κ1) is 32.7. The summed E-state index contributed by atoms with van der Waals surface area (Å²) >= 11 is 0. The summed E-state index contributed by atoms with van der Waals surface area (Å²) < 4.78 is 35.3. The standard InChI is InChI=1S/C32H22F2N10O6/c33-21-9-20(32(48)49)28(40-31(47)26-4-2-24(42-44-26)19-13-37-38-14-19)8-16(21)5-6-50-29-10-27(17(15-45)7-22(29)34)39-30(46)25-3-1-23(41-43-25)18-11-35-36-12-18/h1-4,7-15H,5-6H2,(H,35,36)(H,37,38)(H,39,46)(H,40,47)(H,48,49). The molecule has 0 aliphatic carbocycles. The molecule has 16 nitrogen and oxygen atoms in total. The molecule has 0 saturated carbocycles. The van der Waals surface area contributed by atoms with Crippen LogP contribution in [0.15, 0.2) is 73.3 Å². The highest BCUT2D eigenvalue weighted by Crippen LogP contribution is 2.28. The van der Waals surface area contributed by atoms with E-state index < -0.39 is 35.0 Å². The molecule has 0 aliphatic heterocycles. The SMILES string of the molecule is O=Cc1cc(F)c(OCCc2cc(NC(=O)c3ccc(-c4cn[nH]c4)nn3)c(C(=O)O)cc2F)cc1NC(=O)c1ccc(-c2cn[nH]c2)nn1. The third-order valence-electron chi connectivity index (χ3n) is 7.16. The van der Waals surface area contributed by atoms with Crippen molar-refractivity contribution in [1.29, 1.82) is 0 Å². The number of carbonyl (C=O) groups excluding carboxylic acids is 3. The Morgan fingerprint density at radius 2 is 1.38 bits per heavy atom. The van der Waals surface area contributed by atoms with Crippen LogP contribution in [0.3, 0.4) is 0 Å². The lowest BCUT2D eigenvalue weighted by Gasteiger charge is -2.14. The molecule has 0 radical (unpaired) electrons. The Hall–Kier alpha value is -7.24. The molecule has 2 aromatic carbocycles. The monoisotopic (exact) mass is 680 g/mol. The van der Waals surface area contributed by atoms with Gasteiger partial charge in [-0.25, -0.2) is 13.6 Å². The Kier molecular flexibility index (Phi) is 9.32. The van der Waals surface area contributed by atoms with E-state index in [0.29, 0.717) is 28.8 Å². The van der Waals surface area contributed by atoms with Gasteiger partial charge >= 0.3 is 5.97 Å². The van der Waals surface area contributed by atoms with Crippen LogP contribution in [0.5, 0.6) is 5.75 Å². The molecule has 4 aromatic heterocycles. The maximum Gasteiger partial charge on any atom is 0.337 e. The van der Waals surface area contributed by atoms with Crippen LogP contribution in [-0.4, -0.2) is 76.6 Å². The average Bonchev–Trinajstić information content (AvgIpc) is 3.86. The predicted octanol–water partition coefficient (Wildman–Crippen LogP) is 3.96. The van der Waals surface area contributed by atoms with E-state index in [4.69, 9.17) is 4.74 Å². The number of carboxylic acid groups (broad SMARTS) is 1. The molecule has 0 fully saturated rings. The molecule has 0 unspecified atom stereocenters. The second-order valence-electron chi connectivity index (χ2n) is 10.4. The van der Waals surface area contributed by atoms with Gasteiger partial charge in [0, 0.05) is 41.6 Å². The van der Waals surface area contributed by atoms with E-state index >= 15 is 0 Å². The van der Waals surface area contributed by atoms with Crippen molar-refractivity contribution in [2.24, 2.45) is 0 Å². The summed E-state index contributed by atoms with van der Waals surface area (Å²) in [4.78, 5) is 49.2. The average molecular weight is 681 g/mol. The Morgan fingerprint density at radius 1 is 0.780 bits per heavy atom. The van der Waals surface area contributed by atoms with Gasteiger partial charge in [-0.3, -0.25) is 24.6 Å². The number of carbonyl (C=O) groups is 4. The van der Waals surface area contributed by atoms with Crippen LogP contribution >= 0.6 is 0 Å². The quantitative estimate of drug-likeness (QED) is 0.116. The third-order valence-corrected chi connectivity index (χ3v) is 7.16. The number of aromatic carboxylic acids is 1. The van der Waals surface area contributed by atoms with Gasteiger partial charge in [-0.2, -0.15) is 10.2 Å². The van der Waals surface area contributed by atoms with E-state index in [9.17, 15) is 33.1 Å². The molecule has 5 N–H and O–H groups in total. The topological polar surface area (TPSA) is 231 Å². The molecule has 18 heteroatoms. The molecular formula is C32H22F2N10O6. The van der Waals surface area contributed by atoms with Gasteiger partial charge < -0.3 is 20.5 Å². The van der Waals surface area contributed by atoms with Crippen molar-refractivity contribution in [3.05, 3.63) is 113 Å². The summed E-state index contributed by atoms with van der Waals surface area (Å²) in [6.45, 7) is -0.330. The first-order valence-corrected chi connectivity index (χ1v) is 14.5. The van der Waals surface area contributed by atoms with Crippen LogP contribution < -0.4 is 15.4 Å². The second kappa shape index (κ2) is 14.3. The van der Waals surface area contributed by atoms with E-state index in [1.54, 1.807) is 18.5 Å². The van der Waals surface area contributed by atoms with Gasteiger partial charge in [0.2, 0.25) is 0 Å². The molecule has 50 heavy (non-hydrogen) atoms. The van der Waals surface area contributed by atoms with Crippen molar-refractivity contribution >= 4 is 35.4 Å². The molecule has 250 valence electrons. The molecule has 6 rings (SSSR count). The van der Waals surface area contributed by atoms with Gasteiger partial charge in [0.15, 0.2) is 29.2 Å². The highest BCUT2D eigenvalue weighted by Gasteiger charge is 2.20. The number of H-pyrrole nitrogens is 2. The Morgan fingerprint density at radius 3 is 1.88 bits per heavy atom. The fraction of sp³-hybridized carbons (Fsp3) is 0.0625. The first-order valence-electron chi connectivity index (χ1n) is 14.5. The van der Waals surface area contributed by atoms with Crippen molar-refractivity contribution in [3.8, 4) is 28.3 Å². The van der Waals surface area contributed by atoms with Gasteiger partial charge in [0.1, 0.15) is 5.82 Å². The first-order chi connectivity index (χ1) is 24.2. The van der Waals surface area contributed by atoms with E-state index in [2.05, 4.69) is 51.4 Å². The third kappa shape index (κ3) is 7.18. The number of anilines is 2. The lowest BCUT2D eigenvalue weighted by molar-refractivity contribution is 0.0697. The number of nitrogens with one attached hydrogen (secondary N) is 4. The number of nitrogens with zero attached hydrogens (tertiary/aromatic N) is 6. The largest absolute Gasteiger partial charge is 0.490 e.